The predicted octanol–water partition coefficient (Wildman–Crippen LogP) is 7.51. The molecular formula is C12H4Br6. The first-order chi connectivity index (χ1) is 8.45. The fraction of sp³-hybridized carbons (Fsp3) is 0.167. The highest BCUT2D eigenvalue weighted by Crippen LogP contribution is 2.52. The Morgan fingerprint density at radius 2 is 0.833 bits per heavy atom. The monoisotopic (exact) mass is 622 g/mol. The van der Waals surface area contributed by atoms with E-state index >= 15 is 0 Å². The third kappa shape index (κ3) is 1.89. The van der Waals surface area contributed by atoms with E-state index in [1.165, 1.54) is 21.9 Å². The van der Waals surface area contributed by atoms with E-state index in [-0.39, 0.29) is 0 Å². The van der Waals surface area contributed by atoms with Crippen molar-refractivity contribution < 1.29 is 0 Å². The summed E-state index contributed by atoms with van der Waals surface area (Å²) in [5, 5.41) is 2.57. The summed E-state index contributed by atoms with van der Waals surface area (Å²) in [6, 6.07) is 0. The second-order valence-corrected chi connectivity index (χ2v) is 8.85. The Morgan fingerprint density at radius 3 is 1.22 bits per heavy atom. The molecule has 0 heterocycles. The molecule has 1 aliphatic carbocycles. The van der Waals surface area contributed by atoms with Crippen molar-refractivity contribution in [3.63, 3.8) is 0 Å². The highest BCUT2D eigenvalue weighted by Gasteiger charge is 2.27. The summed E-state index contributed by atoms with van der Waals surface area (Å²) >= 11 is 22.1. The average Bonchev–Trinajstić information content (AvgIpc) is 2.78. The van der Waals surface area contributed by atoms with Crippen LogP contribution < -0.4 is 0 Å². The molecule has 0 aromatic heterocycles. The van der Waals surface area contributed by atoms with Gasteiger partial charge in [0.2, 0.25) is 0 Å². The molecule has 6 heteroatoms. The van der Waals surface area contributed by atoms with Crippen LogP contribution in [0.15, 0.2) is 26.8 Å². The van der Waals surface area contributed by atoms with Crippen molar-refractivity contribution in [3.05, 3.63) is 38.0 Å². The first-order valence-corrected chi connectivity index (χ1v) is 9.85. The molecule has 0 saturated heterocycles. The van der Waals surface area contributed by atoms with Crippen LogP contribution in [-0.4, -0.2) is 0 Å². The molecule has 18 heavy (non-hydrogen) atoms. The summed E-state index contributed by atoms with van der Waals surface area (Å²) in [7, 11) is 0. The Labute approximate surface area is 155 Å². The van der Waals surface area contributed by atoms with Gasteiger partial charge < -0.3 is 0 Å². The van der Waals surface area contributed by atoms with Gasteiger partial charge in [-0.25, -0.2) is 0 Å². The average molecular weight is 628 g/mol. The van der Waals surface area contributed by atoms with Crippen LogP contribution in [0.5, 0.6) is 0 Å². The third-order valence-corrected chi connectivity index (χ3v) is 10.3. The van der Waals surface area contributed by atoms with E-state index in [0.717, 1.165) is 39.7 Å². The van der Waals surface area contributed by atoms with Gasteiger partial charge in [-0.15, -0.1) is 0 Å². The highest BCUT2D eigenvalue weighted by molar-refractivity contribution is 9.15. The fourth-order valence-electron chi connectivity index (χ4n) is 2.42. The normalized spacial score (nSPS) is 13.7. The first kappa shape index (κ1) is 14.5. The number of hydrogen-bond donors (Lipinski definition) is 0. The van der Waals surface area contributed by atoms with E-state index < -0.39 is 0 Å². The molecule has 3 rings (SSSR count). The number of hydrogen-bond acceptors (Lipinski definition) is 0. The summed E-state index contributed by atoms with van der Waals surface area (Å²) in [5.41, 5.74) is 2.76. The molecule has 0 amide bonds. The van der Waals surface area contributed by atoms with E-state index in [1.54, 1.807) is 0 Å². The molecule has 0 N–H and O–H groups in total. The molecule has 2 aromatic carbocycles. The van der Waals surface area contributed by atoms with Gasteiger partial charge in [0, 0.05) is 32.2 Å². The molecule has 0 radical (unpaired) electrons. The number of rotatable bonds is 0. The molecule has 0 fully saturated rings. The molecule has 0 spiro atoms. The molecule has 0 nitrogen and oxygen atoms in total. The molecule has 1 aliphatic rings. The molecule has 0 atom stereocenters. The second-order valence-electron chi connectivity index (χ2n) is 4.09. The topological polar surface area (TPSA) is 0 Å². The molecule has 0 bridgehead atoms. The second kappa shape index (κ2) is 5.09. The largest absolute Gasteiger partial charge is 0.0492 e. The quantitative estimate of drug-likeness (QED) is 0.265. The number of halogens is 6. The molecule has 0 aliphatic heterocycles. The number of aryl methyl sites for hydroxylation is 2. The summed E-state index contributed by atoms with van der Waals surface area (Å²) in [6.07, 6.45) is 2.14. The van der Waals surface area contributed by atoms with Crippen molar-refractivity contribution in [1.29, 1.82) is 0 Å². The van der Waals surface area contributed by atoms with Crippen LogP contribution in [-0.2, 0) is 12.8 Å². The van der Waals surface area contributed by atoms with Crippen molar-refractivity contribution in [2.75, 3.05) is 0 Å². The fourth-order valence-corrected chi connectivity index (χ4v) is 6.47. The Morgan fingerprint density at radius 1 is 0.444 bits per heavy atom. The third-order valence-electron chi connectivity index (χ3n) is 3.22. The highest BCUT2D eigenvalue weighted by atomic mass is 79.9. The lowest BCUT2D eigenvalue weighted by Crippen LogP contribution is -1.89. The SMILES string of the molecule is Brc1c(Br)c2c3c(c(Br)c(Br)c(Br)c3c1Br)CC2. The van der Waals surface area contributed by atoms with Gasteiger partial charge in [0.05, 0.1) is 0 Å². The van der Waals surface area contributed by atoms with Crippen LogP contribution in [0.25, 0.3) is 10.8 Å². The van der Waals surface area contributed by atoms with Gasteiger partial charge in [0.25, 0.3) is 0 Å². The zero-order chi connectivity index (χ0) is 13.2. The number of benzene rings is 2. The van der Waals surface area contributed by atoms with Crippen molar-refractivity contribution >= 4 is 106 Å². The summed E-state index contributed by atoms with van der Waals surface area (Å²) in [5.74, 6) is 0. The summed E-state index contributed by atoms with van der Waals surface area (Å²) < 4.78 is 6.62. The van der Waals surface area contributed by atoms with Gasteiger partial charge in [-0.2, -0.15) is 0 Å². The minimum Gasteiger partial charge on any atom is -0.0492 e. The van der Waals surface area contributed by atoms with Crippen molar-refractivity contribution in [2.24, 2.45) is 0 Å². The van der Waals surface area contributed by atoms with Crippen LogP contribution >= 0.6 is 95.6 Å². The lowest BCUT2D eigenvalue weighted by atomic mass is 10.1. The van der Waals surface area contributed by atoms with E-state index in [9.17, 15) is 0 Å². The Bertz CT molecular complexity index is 648. The minimum absolute atomic E-state index is 1.07. The maximum absolute atomic E-state index is 3.69. The van der Waals surface area contributed by atoms with Crippen molar-refractivity contribution in [1.82, 2.24) is 0 Å². The van der Waals surface area contributed by atoms with Gasteiger partial charge in [0.1, 0.15) is 0 Å². The summed E-state index contributed by atoms with van der Waals surface area (Å²) in [4.78, 5) is 0. The predicted molar refractivity (Wildman–Crippen MR) is 97.6 cm³/mol. The molecule has 94 valence electrons. The molecular weight excluding hydrogens is 624 g/mol. The molecule has 0 saturated carbocycles. The van der Waals surface area contributed by atoms with Crippen LogP contribution in [0.1, 0.15) is 11.1 Å². The van der Waals surface area contributed by atoms with Crippen molar-refractivity contribution in [2.45, 2.75) is 12.8 Å². The molecule has 2 aromatic rings. The zero-order valence-electron chi connectivity index (χ0n) is 8.68. The maximum atomic E-state index is 3.69. The summed E-state index contributed by atoms with van der Waals surface area (Å²) in [6.45, 7) is 0. The van der Waals surface area contributed by atoms with Crippen molar-refractivity contribution in [3.8, 4) is 0 Å². The van der Waals surface area contributed by atoms with Crippen LogP contribution in [0, 0.1) is 0 Å². The van der Waals surface area contributed by atoms with Gasteiger partial charge in [0.15, 0.2) is 0 Å². The van der Waals surface area contributed by atoms with E-state index in [2.05, 4.69) is 95.6 Å². The minimum atomic E-state index is 1.07. The van der Waals surface area contributed by atoms with E-state index in [0.29, 0.717) is 0 Å². The van der Waals surface area contributed by atoms with Gasteiger partial charge in [-0.3, -0.25) is 0 Å². The zero-order valence-corrected chi connectivity index (χ0v) is 18.2. The molecule has 0 unspecified atom stereocenters. The lowest BCUT2D eigenvalue weighted by molar-refractivity contribution is 1.01. The lowest BCUT2D eigenvalue weighted by Gasteiger charge is -2.14. The Hall–Kier alpha value is 1.58. The van der Waals surface area contributed by atoms with E-state index in [4.69, 9.17) is 0 Å². The smallest absolute Gasteiger partial charge is 0.0469 e. The Balaban J connectivity index is 2.67. The van der Waals surface area contributed by atoms with E-state index in [1.807, 2.05) is 0 Å². The van der Waals surface area contributed by atoms with Crippen LogP contribution in [0.4, 0.5) is 0 Å². The van der Waals surface area contributed by atoms with Crippen LogP contribution in [0.2, 0.25) is 0 Å². The van der Waals surface area contributed by atoms with Gasteiger partial charge in [-0.05, 0) is 125 Å². The van der Waals surface area contributed by atoms with Gasteiger partial charge >= 0.3 is 0 Å². The maximum Gasteiger partial charge on any atom is 0.0469 e. The Kier molecular flexibility index (Phi) is 4.11. The first-order valence-electron chi connectivity index (χ1n) is 5.09. The van der Waals surface area contributed by atoms with Gasteiger partial charge in [-0.1, -0.05) is 0 Å². The van der Waals surface area contributed by atoms with Crippen LogP contribution in [0.3, 0.4) is 0 Å². The standard InChI is InChI=1S/C12H4Br6/c13-7-3-1-2-4-5(3)6(9(15)11(7)17)10(16)12(18)8(4)14/h1-2H2.